The van der Waals surface area contributed by atoms with Crippen LogP contribution in [0.5, 0.6) is 0 Å². The van der Waals surface area contributed by atoms with Crippen molar-refractivity contribution in [2.75, 3.05) is 19.7 Å². The summed E-state index contributed by atoms with van der Waals surface area (Å²) < 4.78 is 5.67. The van der Waals surface area contributed by atoms with Crippen molar-refractivity contribution >= 4 is 0 Å². The average molecular weight is 227 g/mol. The molecule has 2 N–H and O–H groups in total. The van der Waals surface area contributed by atoms with Crippen LogP contribution in [0, 0.1) is 5.92 Å². The Kier molecular flexibility index (Phi) is 5.07. The molecule has 0 amide bonds. The molecule has 1 aliphatic carbocycles. The van der Waals surface area contributed by atoms with Crippen molar-refractivity contribution in [2.45, 2.75) is 57.2 Å². The van der Waals surface area contributed by atoms with Crippen LogP contribution in [0.2, 0.25) is 0 Å². The van der Waals surface area contributed by atoms with Gasteiger partial charge in [0.1, 0.15) is 0 Å². The number of aliphatic hydroxyl groups is 1. The van der Waals surface area contributed by atoms with E-state index in [9.17, 15) is 5.11 Å². The second-order valence-corrected chi connectivity index (χ2v) is 5.26. The molecule has 3 atom stereocenters. The molecule has 16 heavy (non-hydrogen) atoms. The number of hydrogen-bond donors (Lipinski definition) is 2. The highest BCUT2D eigenvalue weighted by Crippen LogP contribution is 2.23. The van der Waals surface area contributed by atoms with Crippen molar-refractivity contribution in [2.24, 2.45) is 5.92 Å². The average Bonchev–Trinajstić information content (AvgIpc) is 2.33. The molecule has 0 bridgehead atoms. The fourth-order valence-electron chi connectivity index (χ4n) is 2.82. The molecule has 2 fully saturated rings. The molecule has 3 nitrogen and oxygen atoms in total. The van der Waals surface area contributed by atoms with Crippen molar-refractivity contribution in [3.8, 4) is 0 Å². The topological polar surface area (TPSA) is 41.5 Å². The third kappa shape index (κ3) is 3.72. The number of hydrogen-bond acceptors (Lipinski definition) is 3. The molecule has 2 rings (SSSR count). The molecule has 1 saturated carbocycles. The van der Waals surface area contributed by atoms with E-state index < -0.39 is 0 Å². The number of ether oxygens (including phenoxy) is 1. The highest BCUT2D eigenvalue weighted by atomic mass is 16.5. The molecule has 0 spiro atoms. The Labute approximate surface area is 98.6 Å². The van der Waals surface area contributed by atoms with Gasteiger partial charge in [-0.1, -0.05) is 12.8 Å². The lowest BCUT2D eigenvalue weighted by molar-refractivity contribution is 0.0134. The molecular weight excluding hydrogens is 202 g/mol. The van der Waals surface area contributed by atoms with E-state index in [1.54, 1.807) is 0 Å². The first kappa shape index (κ1) is 12.3. The molecular formula is C13H25NO2. The van der Waals surface area contributed by atoms with Gasteiger partial charge in [0.05, 0.1) is 12.2 Å². The summed E-state index contributed by atoms with van der Waals surface area (Å²) in [6.45, 7) is 2.85. The summed E-state index contributed by atoms with van der Waals surface area (Å²) in [7, 11) is 0. The van der Waals surface area contributed by atoms with Crippen LogP contribution in [0.3, 0.4) is 0 Å². The van der Waals surface area contributed by atoms with Gasteiger partial charge in [0.15, 0.2) is 0 Å². The van der Waals surface area contributed by atoms with Crippen LogP contribution < -0.4 is 5.32 Å². The van der Waals surface area contributed by atoms with Crippen molar-refractivity contribution in [3.05, 3.63) is 0 Å². The molecule has 3 heteroatoms. The Morgan fingerprint density at radius 3 is 2.56 bits per heavy atom. The number of nitrogens with one attached hydrogen (secondary N) is 1. The monoisotopic (exact) mass is 227 g/mol. The van der Waals surface area contributed by atoms with Gasteiger partial charge in [-0.3, -0.25) is 0 Å². The molecule has 0 aromatic rings. The molecule has 94 valence electrons. The summed E-state index contributed by atoms with van der Waals surface area (Å²) >= 11 is 0. The minimum absolute atomic E-state index is 0.0754. The van der Waals surface area contributed by atoms with E-state index in [2.05, 4.69) is 5.32 Å². The zero-order valence-electron chi connectivity index (χ0n) is 10.2. The lowest BCUT2D eigenvalue weighted by Crippen LogP contribution is -2.38. The summed E-state index contributed by atoms with van der Waals surface area (Å²) in [6, 6.07) is 0. The van der Waals surface area contributed by atoms with E-state index in [-0.39, 0.29) is 6.10 Å². The summed E-state index contributed by atoms with van der Waals surface area (Å²) in [5.41, 5.74) is 0. The van der Waals surface area contributed by atoms with Gasteiger partial charge in [-0.15, -0.1) is 0 Å². The van der Waals surface area contributed by atoms with Gasteiger partial charge < -0.3 is 15.2 Å². The molecule has 3 unspecified atom stereocenters. The van der Waals surface area contributed by atoms with E-state index in [0.717, 1.165) is 26.1 Å². The Balaban J connectivity index is 1.59. The second kappa shape index (κ2) is 6.58. The number of rotatable bonds is 4. The zero-order valence-corrected chi connectivity index (χ0v) is 10.2. The van der Waals surface area contributed by atoms with Crippen LogP contribution >= 0.6 is 0 Å². The van der Waals surface area contributed by atoms with Gasteiger partial charge in [-0.2, -0.15) is 0 Å². The minimum atomic E-state index is -0.0754. The SMILES string of the molecule is OC1CCCCC1CNCC1CCCCO1. The third-order valence-electron chi connectivity index (χ3n) is 3.92. The van der Waals surface area contributed by atoms with Crippen LogP contribution in [0.1, 0.15) is 44.9 Å². The van der Waals surface area contributed by atoms with E-state index >= 15 is 0 Å². The molecule has 1 aliphatic heterocycles. The third-order valence-corrected chi connectivity index (χ3v) is 3.92. The molecule has 0 aromatic heterocycles. The van der Waals surface area contributed by atoms with Gasteiger partial charge in [0.25, 0.3) is 0 Å². The van der Waals surface area contributed by atoms with E-state index in [1.165, 1.54) is 38.5 Å². The van der Waals surface area contributed by atoms with Crippen LogP contribution in [0.4, 0.5) is 0 Å². The van der Waals surface area contributed by atoms with Gasteiger partial charge in [-0.05, 0) is 38.0 Å². The van der Waals surface area contributed by atoms with Gasteiger partial charge in [-0.25, -0.2) is 0 Å². The lowest BCUT2D eigenvalue weighted by atomic mass is 9.86. The van der Waals surface area contributed by atoms with Crippen LogP contribution in [-0.4, -0.2) is 37.0 Å². The first-order chi connectivity index (χ1) is 7.86. The predicted molar refractivity (Wildman–Crippen MR) is 64.4 cm³/mol. The van der Waals surface area contributed by atoms with E-state index in [1.807, 2.05) is 0 Å². The Bertz CT molecular complexity index is 192. The van der Waals surface area contributed by atoms with Crippen LogP contribution in [0.15, 0.2) is 0 Å². The molecule has 1 saturated heterocycles. The smallest absolute Gasteiger partial charge is 0.0699 e. The summed E-state index contributed by atoms with van der Waals surface area (Å²) in [5, 5.41) is 13.3. The fourth-order valence-corrected chi connectivity index (χ4v) is 2.82. The Hall–Kier alpha value is -0.120. The predicted octanol–water partition coefficient (Wildman–Crippen LogP) is 1.70. The van der Waals surface area contributed by atoms with Crippen molar-refractivity contribution in [1.29, 1.82) is 0 Å². The minimum Gasteiger partial charge on any atom is -0.393 e. The summed E-state index contributed by atoms with van der Waals surface area (Å²) in [6.07, 6.45) is 8.71. The normalized spacial score (nSPS) is 36.2. The molecule has 0 aromatic carbocycles. The maximum absolute atomic E-state index is 9.83. The van der Waals surface area contributed by atoms with Crippen molar-refractivity contribution in [1.82, 2.24) is 5.32 Å². The van der Waals surface area contributed by atoms with Gasteiger partial charge in [0.2, 0.25) is 0 Å². The summed E-state index contributed by atoms with van der Waals surface area (Å²) in [5.74, 6) is 0.470. The van der Waals surface area contributed by atoms with Crippen LogP contribution in [-0.2, 0) is 4.74 Å². The van der Waals surface area contributed by atoms with Crippen LogP contribution in [0.25, 0.3) is 0 Å². The molecule has 0 radical (unpaired) electrons. The maximum atomic E-state index is 9.83. The lowest BCUT2D eigenvalue weighted by Gasteiger charge is -2.29. The van der Waals surface area contributed by atoms with Crippen molar-refractivity contribution in [3.63, 3.8) is 0 Å². The molecule has 2 aliphatic rings. The highest BCUT2D eigenvalue weighted by Gasteiger charge is 2.23. The first-order valence-electron chi connectivity index (χ1n) is 6.86. The van der Waals surface area contributed by atoms with E-state index in [0.29, 0.717) is 12.0 Å². The largest absolute Gasteiger partial charge is 0.393 e. The van der Waals surface area contributed by atoms with E-state index in [4.69, 9.17) is 4.74 Å². The first-order valence-corrected chi connectivity index (χ1v) is 6.86. The Morgan fingerprint density at radius 1 is 1.00 bits per heavy atom. The quantitative estimate of drug-likeness (QED) is 0.768. The fraction of sp³-hybridized carbons (Fsp3) is 1.00. The van der Waals surface area contributed by atoms with Gasteiger partial charge >= 0.3 is 0 Å². The molecule has 1 heterocycles. The zero-order chi connectivity index (χ0) is 11.2. The van der Waals surface area contributed by atoms with Crippen molar-refractivity contribution < 1.29 is 9.84 Å². The Morgan fingerprint density at radius 2 is 1.81 bits per heavy atom. The second-order valence-electron chi connectivity index (χ2n) is 5.26. The maximum Gasteiger partial charge on any atom is 0.0699 e. The van der Waals surface area contributed by atoms with Gasteiger partial charge in [0, 0.05) is 19.7 Å². The summed E-state index contributed by atoms with van der Waals surface area (Å²) in [4.78, 5) is 0. The highest BCUT2D eigenvalue weighted by molar-refractivity contribution is 4.77. The number of aliphatic hydroxyl groups excluding tert-OH is 1. The standard InChI is InChI=1S/C13H25NO2/c15-13-7-2-1-5-11(13)9-14-10-12-6-3-4-8-16-12/h11-15H,1-10H2.